The molecule has 16 heavy (non-hydrogen) atoms. The molecule has 0 amide bonds. The molecule has 0 unspecified atom stereocenters. The molecule has 4 nitrogen and oxygen atoms in total. The van der Waals surface area contributed by atoms with E-state index in [2.05, 4.69) is 10.3 Å². The summed E-state index contributed by atoms with van der Waals surface area (Å²) in [5.41, 5.74) is 4.07. The number of nitrogens with zero attached hydrogens (tertiary/aromatic N) is 2. The van der Waals surface area contributed by atoms with Crippen LogP contribution in [-0.2, 0) is 12.8 Å². The summed E-state index contributed by atoms with van der Waals surface area (Å²) in [6, 6.07) is 5.95. The van der Waals surface area contributed by atoms with Gasteiger partial charge in [-0.2, -0.15) is 0 Å². The van der Waals surface area contributed by atoms with Gasteiger partial charge in [0.2, 0.25) is 0 Å². The molecule has 0 heterocycles. The molecule has 0 atom stereocenters. The molecule has 84 valence electrons. The lowest BCUT2D eigenvalue weighted by Gasteiger charge is -2.05. The molecule has 2 N–H and O–H groups in total. The third-order valence-corrected chi connectivity index (χ3v) is 2.96. The monoisotopic (exact) mass is 218 g/mol. The third-order valence-electron chi connectivity index (χ3n) is 2.96. The van der Waals surface area contributed by atoms with Crippen molar-refractivity contribution in [3.8, 4) is 0 Å². The molecule has 0 radical (unpaired) electrons. The van der Waals surface area contributed by atoms with Crippen molar-refractivity contribution in [2.75, 3.05) is 0 Å². The summed E-state index contributed by atoms with van der Waals surface area (Å²) in [5, 5.41) is 23.8. The van der Waals surface area contributed by atoms with E-state index in [1.54, 1.807) is 6.92 Å². The van der Waals surface area contributed by atoms with Gasteiger partial charge in [0.15, 0.2) is 0 Å². The summed E-state index contributed by atoms with van der Waals surface area (Å²) in [6.45, 7) is 1.60. The van der Waals surface area contributed by atoms with E-state index in [-0.39, 0.29) is 0 Å². The minimum Gasteiger partial charge on any atom is -0.411 e. The first-order valence-electron chi connectivity index (χ1n) is 5.29. The number of aryl methyl sites for hydroxylation is 2. The molecule has 0 saturated heterocycles. The van der Waals surface area contributed by atoms with Crippen molar-refractivity contribution in [2.45, 2.75) is 26.2 Å². The first-order chi connectivity index (χ1) is 7.76. The van der Waals surface area contributed by atoms with Crippen LogP contribution in [0, 0.1) is 0 Å². The van der Waals surface area contributed by atoms with Gasteiger partial charge in [-0.05, 0) is 43.4 Å². The van der Waals surface area contributed by atoms with Gasteiger partial charge in [-0.1, -0.05) is 22.4 Å². The van der Waals surface area contributed by atoms with Gasteiger partial charge >= 0.3 is 0 Å². The van der Waals surface area contributed by atoms with E-state index in [4.69, 9.17) is 10.4 Å². The van der Waals surface area contributed by atoms with Gasteiger partial charge in [0.25, 0.3) is 0 Å². The summed E-state index contributed by atoms with van der Waals surface area (Å²) >= 11 is 0. The third kappa shape index (κ3) is 1.78. The maximum atomic E-state index is 8.93. The standard InChI is InChI=1S/C12H14N2O2/c1-8(13-15)12(14-16)11-6-5-9-3-2-4-10(9)7-11/h5-7,15-16H,2-4H2,1H3/b13-8+,14-12-. The Morgan fingerprint density at radius 1 is 1.12 bits per heavy atom. The molecule has 0 spiro atoms. The topological polar surface area (TPSA) is 65.2 Å². The number of fused-ring (bicyclic) bond motifs is 1. The molecule has 0 bridgehead atoms. The molecule has 2 rings (SSSR count). The maximum Gasteiger partial charge on any atom is 0.134 e. The van der Waals surface area contributed by atoms with Crippen LogP contribution < -0.4 is 0 Å². The predicted octanol–water partition coefficient (Wildman–Crippen LogP) is 2.20. The van der Waals surface area contributed by atoms with Crippen molar-refractivity contribution in [1.29, 1.82) is 0 Å². The lowest BCUT2D eigenvalue weighted by molar-refractivity contribution is 0.314. The average molecular weight is 218 g/mol. The van der Waals surface area contributed by atoms with E-state index < -0.39 is 0 Å². The number of hydrogen-bond acceptors (Lipinski definition) is 4. The minimum atomic E-state index is 0.306. The van der Waals surface area contributed by atoms with Gasteiger partial charge in [-0.3, -0.25) is 0 Å². The SMILES string of the molecule is CC(=N\O)/C(=N/O)c1ccc2c(c1)CCC2. The summed E-state index contributed by atoms with van der Waals surface area (Å²) < 4.78 is 0. The molecule has 1 aliphatic rings. The molecule has 1 aromatic carbocycles. The molecule has 0 aromatic heterocycles. The van der Waals surface area contributed by atoms with Gasteiger partial charge in [0.1, 0.15) is 11.4 Å². The lowest BCUT2D eigenvalue weighted by atomic mass is 10.0. The highest BCUT2D eigenvalue weighted by Crippen LogP contribution is 2.23. The second-order valence-electron chi connectivity index (χ2n) is 3.97. The van der Waals surface area contributed by atoms with Gasteiger partial charge < -0.3 is 10.4 Å². The Morgan fingerprint density at radius 3 is 2.56 bits per heavy atom. The van der Waals surface area contributed by atoms with Crippen LogP contribution in [0.4, 0.5) is 0 Å². The fraction of sp³-hybridized carbons (Fsp3) is 0.333. The van der Waals surface area contributed by atoms with E-state index in [9.17, 15) is 0 Å². The molecule has 0 aliphatic heterocycles. The van der Waals surface area contributed by atoms with Crippen LogP contribution in [0.15, 0.2) is 28.5 Å². The Balaban J connectivity index is 2.41. The predicted molar refractivity (Wildman–Crippen MR) is 61.7 cm³/mol. The fourth-order valence-electron chi connectivity index (χ4n) is 2.11. The van der Waals surface area contributed by atoms with Crippen LogP contribution in [0.25, 0.3) is 0 Å². The largest absolute Gasteiger partial charge is 0.411 e. The van der Waals surface area contributed by atoms with E-state index in [1.165, 1.54) is 17.5 Å². The Morgan fingerprint density at radius 2 is 1.88 bits per heavy atom. The van der Waals surface area contributed by atoms with Gasteiger partial charge in [-0.25, -0.2) is 0 Å². The number of oxime groups is 2. The van der Waals surface area contributed by atoms with Crippen molar-refractivity contribution >= 4 is 11.4 Å². The Kier molecular flexibility index (Phi) is 2.90. The average Bonchev–Trinajstić information content (AvgIpc) is 2.77. The zero-order valence-electron chi connectivity index (χ0n) is 9.14. The number of hydrogen-bond donors (Lipinski definition) is 2. The zero-order valence-corrected chi connectivity index (χ0v) is 9.14. The molecule has 0 fully saturated rings. The van der Waals surface area contributed by atoms with Gasteiger partial charge in [-0.15, -0.1) is 0 Å². The summed E-state index contributed by atoms with van der Waals surface area (Å²) in [4.78, 5) is 0. The van der Waals surface area contributed by atoms with Gasteiger partial charge in [0.05, 0.1) is 0 Å². The van der Waals surface area contributed by atoms with Crippen LogP contribution in [0.1, 0.15) is 30.0 Å². The van der Waals surface area contributed by atoms with Crippen molar-refractivity contribution in [2.24, 2.45) is 10.3 Å². The van der Waals surface area contributed by atoms with Crippen molar-refractivity contribution in [3.05, 3.63) is 34.9 Å². The van der Waals surface area contributed by atoms with Crippen LogP contribution in [-0.4, -0.2) is 21.8 Å². The zero-order chi connectivity index (χ0) is 11.5. The highest BCUT2D eigenvalue weighted by molar-refractivity contribution is 6.47. The quantitative estimate of drug-likeness (QED) is 0.454. The molecule has 1 aromatic rings. The van der Waals surface area contributed by atoms with Crippen molar-refractivity contribution in [3.63, 3.8) is 0 Å². The molecular formula is C12H14N2O2. The van der Waals surface area contributed by atoms with E-state index in [1.807, 2.05) is 18.2 Å². The molecule has 0 saturated carbocycles. The Labute approximate surface area is 93.9 Å². The Bertz CT molecular complexity index is 464. The highest BCUT2D eigenvalue weighted by Gasteiger charge is 2.14. The van der Waals surface area contributed by atoms with Crippen LogP contribution in [0.2, 0.25) is 0 Å². The number of benzene rings is 1. The fourth-order valence-corrected chi connectivity index (χ4v) is 2.11. The first-order valence-corrected chi connectivity index (χ1v) is 5.29. The first kappa shape index (κ1) is 10.7. The van der Waals surface area contributed by atoms with E-state index in [0.717, 1.165) is 18.4 Å². The Hall–Kier alpha value is -1.84. The van der Waals surface area contributed by atoms with E-state index in [0.29, 0.717) is 11.4 Å². The van der Waals surface area contributed by atoms with E-state index >= 15 is 0 Å². The summed E-state index contributed by atoms with van der Waals surface area (Å²) in [7, 11) is 0. The molecule has 1 aliphatic carbocycles. The summed E-state index contributed by atoms with van der Waals surface area (Å²) in [6.07, 6.45) is 3.36. The van der Waals surface area contributed by atoms with Crippen LogP contribution in [0.5, 0.6) is 0 Å². The highest BCUT2D eigenvalue weighted by atomic mass is 16.4. The lowest BCUT2D eigenvalue weighted by Crippen LogP contribution is -2.12. The maximum absolute atomic E-state index is 8.93. The second kappa shape index (κ2) is 4.35. The second-order valence-corrected chi connectivity index (χ2v) is 3.97. The van der Waals surface area contributed by atoms with Crippen molar-refractivity contribution < 1.29 is 10.4 Å². The van der Waals surface area contributed by atoms with Crippen LogP contribution >= 0.6 is 0 Å². The molecular weight excluding hydrogens is 204 g/mol. The van der Waals surface area contributed by atoms with Crippen molar-refractivity contribution in [1.82, 2.24) is 0 Å². The normalized spacial score (nSPS) is 16.3. The number of rotatable bonds is 2. The van der Waals surface area contributed by atoms with Gasteiger partial charge in [0, 0.05) is 5.56 Å². The summed E-state index contributed by atoms with van der Waals surface area (Å²) in [5.74, 6) is 0. The molecule has 4 heteroatoms. The minimum absolute atomic E-state index is 0.306. The van der Waals surface area contributed by atoms with Crippen LogP contribution in [0.3, 0.4) is 0 Å². The smallest absolute Gasteiger partial charge is 0.134 e.